The third-order valence-corrected chi connectivity index (χ3v) is 5.12. The zero-order valence-electron chi connectivity index (χ0n) is 13.5. The highest BCUT2D eigenvalue weighted by atomic mass is 32.1. The second-order valence-corrected chi connectivity index (χ2v) is 7.09. The average Bonchev–Trinajstić information content (AvgIpc) is 3.17. The number of urea groups is 1. The molecule has 1 atom stereocenters. The Morgan fingerprint density at radius 1 is 1.45 bits per heavy atom. The number of nitrogens with one attached hydrogen (secondary N) is 2. The summed E-state index contributed by atoms with van der Waals surface area (Å²) in [5, 5.41) is 19.8. The Morgan fingerprint density at radius 2 is 2.18 bits per heavy atom. The standard InChI is InChI=1S/C16H27N3O2S/c1-16(21,13-7-10-22-11-13)12-18-15(20)17-8-9-19(2)14-5-3-4-6-14/h7,10-11,14,21H,3-6,8-9,12H2,1-2H3,(H2,17,18,20). The highest BCUT2D eigenvalue weighted by Gasteiger charge is 2.24. The molecule has 3 N–H and O–H groups in total. The van der Waals surface area contributed by atoms with Crippen molar-refractivity contribution < 1.29 is 9.90 Å². The van der Waals surface area contributed by atoms with Gasteiger partial charge in [0.05, 0.1) is 6.54 Å². The number of carbonyl (C=O) groups excluding carboxylic acids is 1. The third-order valence-electron chi connectivity index (χ3n) is 4.43. The summed E-state index contributed by atoms with van der Waals surface area (Å²) in [5.74, 6) is 0. The molecule has 6 heteroatoms. The molecule has 1 aromatic heterocycles. The fourth-order valence-electron chi connectivity index (χ4n) is 2.86. The van der Waals surface area contributed by atoms with E-state index in [1.165, 1.54) is 37.0 Å². The number of aliphatic hydroxyl groups is 1. The first-order valence-electron chi connectivity index (χ1n) is 7.96. The summed E-state index contributed by atoms with van der Waals surface area (Å²) >= 11 is 1.54. The zero-order chi connectivity index (χ0) is 16.0. The van der Waals surface area contributed by atoms with E-state index in [1.807, 2.05) is 16.8 Å². The van der Waals surface area contributed by atoms with Crippen molar-refractivity contribution in [2.75, 3.05) is 26.7 Å². The molecular weight excluding hydrogens is 298 g/mol. The van der Waals surface area contributed by atoms with E-state index in [0.29, 0.717) is 12.6 Å². The molecule has 124 valence electrons. The van der Waals surface area contributed by atoms with Gasteiger partial charge in [0, 0.05) is 19.1 Å². The number of carbonyl (C=O) groups is 1. The van der Waals surface area contributed by atoms with Crippen LogP contribution in [0, 0.1) is 0 Å². The number of likely N-dealkylation sites (N-methyl/N-ethyl adjacent to an activating group) is 1. The molecule has 0 aliphatic heterocycles. The van der Waals surface area contributed by atoms with Gasteiger partial charge in [-0.3, -0.25) is 0 Å². The van der Waals surface area contributed by atoms with E-state index in [9.17, 15) is 9.90 Å². The average molecular weight is 325 g/mol. The van der Waals surface area contributed by atoms with Crippen molar-refractivity contribution in [3.63, 3.8) is 0 Å². The Hall–Kier alpha value is -1.11. The van der Waals surface area contributed by atoms with Crippen LogP contribution in [0.1, 0.15) is 38.2 Å². The molecule has 0 radical (unpaired) electrons. The number of rotatable bonds is 7. The zero-order valence-corrected chi connectivity index (χ0v) is 14.3. The molecule has 0 bridgehead atoms. The summed E-state index contributed by atoms with van der Waals surface area (Å²) in [5.41, 5.74) is -0.198. The quantitative estimate of drug-likeness (QED) is 0.719. The van der Waals surface area contributed by atoms with Crippen LogP contribution < -0.4 is 10.6 Å². The van der Waals surface area contributed by atoms with E-state index in [-0.39, 0.29) is 12.6 Å². The lowest BCUT2D eigenvalue weighted by molar-refractivity contribution is 0.0598. The first-order chi connectivity index (χ1) is 10.5. The maximum absolute atomic E-state index is 11.8. The van der Waals surface area contributed by atoms with E-state index in [0.717, 1.165) is 12.1 Å². The Labute approximate surface area is 136 Å². The molecule has 1 heterocycles. The lowest BCUT2D eigenvalue weighted by Crippen LogP contribution is -2.45. The second-order valence-electron chi connectivity index (χ2n) is 6.31. The van der Waals surface area contributed by atoms with Crippen molar-refractivity contribution in [1.82, 2.24) is 15.5 Å². The molecule has 2 rings (SSSR count). The highest BCUT2D eigenvalue weighted by molar-refractivity contribution is 7.08. The number of amides is 2. The van der Waals surface area contributed by atoms with Crippen LogP contribution in [-0.4, -0.2) is 48.8 Å². The van der Waals surface area contributed by atoms with Crippen LogP contribution >= 0.6 is 11.3 Å². The van der Waals surface area contributed by atoms with Crippen LogP contribution in [0.15, 0.2) is 16.8 Å². The van der Waals surface area contributed by atoms with Crippen LogP contribution in [-0.2, 0) is 5.60 Å². The minimum absolute atomic E-state index is 0.202. The Bertz CT molecular complexity index is 456. The smallest absolute Gasteiger partial charge is 0.314 e. The molecule has 1 unspecified atom stereocenters. The Balaban J connectivity index is 1.63. The molecule has 0 spiro atoms. The van der Waals surface area contributed by atoms with Crippen molar-refractivity contribution in [2.24, 2.45) is 0 Å². The van der Waals surface area contributed by atoms with Gasteiger partial charge in [-0.2, -0.15) is 11.3 Å². The van der Waals surface area contributed by atoms with E-state index in [2.05, 4.69) is 22.6 Å². The van der Waals surface area contributed by atoms with Crippen molar-refractivity contribution in [3.05, 3.63) is 22.4 Å². The SMILES string of the molecule is CN(CCNC(=O)NCC(C)(O)c1ccsc1)C1CCCC1. The van der Waals surface area contributed by atoms with Gasteiger partial charge in [0.2, 0.25) is 0 Å². The highest BCUT2D eigenvalue weighted by Crippen LogP contribution is 2.22. The van der Waals surface area contributed by atoms with Crippen LogP contribution in [0.5, 0.6) is 0 Å². The van der Waals surface area contributed by atoms with E-state index in [1.54, 1.807) is 6.92 Å². The van der Waals surface area contributed by atoms with Crippen LogP contribution in [0.25, 0.3) is 0 Å². The van der Waals surface area contributed by atoms with Gasteiger partial charge in [-0.1, -0.05) is 12.8 Å². The number of hydrogen-bond acceptors (Lipinski definition) is 4. The molecule has 1 fully saturated rings. The van der Waals surface area contributed by atoms with E-state index >= 15 is 0 Å². The summed E-state index contributed by atoms with van der Waals surface area (Å²) in [6.07, 6.45) is 5.18. The van der Waals surface area contributed by atoms with Gasteiger partial charge in [0.1, 0.15) is 5.60 Å². The fraction of sp³-hybridized carbons (Fsp3) is 0.688. The van der Waals surface area contributed by atoms with E-state index < -0.39 is 5.60 Å². The molecule has 1 saturated carbocycles. The van der Waals surface area contributed by atoms with Gasteiger partial charge < -0.3 is 20.6 Å². The minimum atomic E-state index is -1.03. The lowest BCUT2D eigenvalue weighted by Gasteiger charge is -2.25. The Kier molecular flexibility index (Phi) is 6.23. The van der Waals surface area contributed by atoms with Crippen molar-refractivity contribution in [2.45, 2.75) is 44.2 Å². The van der Waals surface area contributed by atoms with Gasteiger partial charge in [0.15, 0.2) is 0 Å². The molecule has 0 saturated heterocycles. The monoisotopic (exact) mass is 325 g/mol. The van der Waals surface area contributed by atoms with Gasteiger partial charge in [0.25, 0.3) is 0 Å². The summed E-state index contributed by atoms with van der Waals surface area (Å²) in [4.78, 5) is 14.1. The second kappa shape index (κ2) is 7.94. The lowest BCUT2D eigenvalue weighted by atomic mass is 9.99. The van der Waals surface area contributed by atoms with Crippen LogP contribution in [0.3, 0.4) is 0 Å². The number of nitrogens with zero attached hydrogens (tertiary/aromatic N) is 1. The van der Waals surface area contributed by atoms with Crippen LogP contribution in [0.2, 0.25) is 0 Å². The normalized spacial score (nSPS) is 18.4. The Morgan fingerprint density at radius 3 is 2.82 bits per heavy atom. The molecule has 1 aliphatic carbocycles. The summed E-state index contributed by atoms with van der Waals surface area (Å²) in [7, 11) is 2.12. The summed E-state index contributed by atoms with van der Waals surface area (Å²) in [6, 6.07) is 2.32. The first kappa shape index (κ1) is 17.2. The van der Waals surface area contributed by atoms with E-state index in [4.69, 9.17) is 0 Å². The first-order valence-corrected chi connectivity index (χ1v) is 8.90. The summed E-state index contributed by atoms with van der Waals surface area (Å²) < 4.78 is 0. The molecule has 1 aromatic rings. The molecule has 22 heavy (non-hydrogen) atoms. The minimum Gasteiger partial charge on any atom is -0.384 e. The summed E-state index contributed by atoms with van der Waals surface area (Å²) in [6.45, 7) is 3.40. The topological polar surface area (TPSA) is 64.6 Å². The molecule has 0 aromatic carbocycles. The van der Waals surface area contributed by atoms with Crippen LogP contribution in [0.4, 0.5) is 4.79 Å². The number of hydrogen-bond donors (Lipinski definition) is 3. The van der Waals surface area contributed by atoms with Crippen molar-refractivity contribution >= 4 is 17.4 Å². The fourth-order valence-corrected chi connectivity index (χ4v) is 3.64. The molecule has 2 amide bonds. The van der Waals surface area contributed by atoms with Gasteiger partial charge in [-0.05, 0) is 49.2 Å². The molecule has 1 aliphatic rings. The van der Waals surface area contributed by atoms with Gasteiger partial charge in [-0.15, -0.1) is 0 Å². The van der Waals surface area contributed by atoms with Gasteiger partial charge in [-0.25, -0.2) is 4.79 Å². The van der Waals surface area contributed by atoms with Gasteiger partial charge >= 0.3 is 6.03 Å². The van der Waals surface area contributed by atoms with Crippen molar-refractivity contribution in [3.8, 4) is 0 Å². The molecular formula is C16H27N3O2S. The van der Waals surface area contributed by atoms with Crippen molar-refractivity contribution in [1.29, 1.82) is 0 Å². The molecule has 5 nitrogen and oxygen atoms in total. The maximum atomic E-state index is 11.8. The largest absolute Gasteiger partial charge is 0.384 e. The maximum Gasteiger partial charge on any atom is 0.314 e. The predicted octanol–water partition coefficient (Wildman–Crippen LogP) is 2.13. The number of thiophene rings is 1. The predicted molar refractivity (Wildman–Crippen MR) is 90.2 cm³/mol. The third kappa shape index (κ3) is 4.97.